The van der Waals surface area contributed by atoms with Crippen LogP contribution in [-0.2, 0) is 9.47 Å². The maximum absolute atomic E-state index is 12.5. The third-order valence-corrected chi connectivity index (χ3v) is 6.04. The van der Waals surface area contributed by atoms with E-state index in [9.17, 15) is 14.4 Å². The second kappa shape index (κ2) is 11.0. The molecule has 1 atom stereocenters. The number of nitrogens with zero attached hydrogens (tertiary/aromatic N) is 2. The van der Waals surface area contributed by atoms with Gasteiger partial charge in [-0.15, -0.1) is 0 Å². The zero-order chi connectivity index (χ0) is 24.8. The van der Waals surface area contributed by atoms with E-state index in [0.29, 0.717) is 49.5 Å². The number of carbonyl (C=O) groups excluding carboxylic acids is 3. The quantitative estimate of drug-likeness (QED) is 0.551. The Labute approximate surface area is 203 Å². The van der Waals surface area contributed by atoms with Gasteiger partial charge in [-0.3, -0.25) is 0 Å². The molecule has 10 heteroatoms. The van der Waals surface area contributed by atoms with Crippen molar-refractivity contribution in [2.45, 2.75) is 25.0 Å². The maximum atomic E-state index is 12.5. The fourth-order valence-corrected chi connectivity index (χ4v) is 4.09. The SMILES string of the molecule is COC(=O)c1ccc(OC(=O)N2CCC(N3CC(COc4ccc(OC)cc4)OC3=O)CC2)cc1. The maximum Gasteiger partial charge on any atom is 0.415 e. The Morgan fingerprint density at radius 3 is 2.20 bits per heavy atom. The van der Waals surface area contributed by atoms with Crippen LogP contribution in [0.1, 0.15) is 23.2 Å². The minimum absolute atomic E-state index is 0.0168. The molecule has 2 fully saturated rings. The number of ether oxygens (including phenoxy) is 5. The molecule has 186 valence electrons. The van der Waals surface area contributed by atoms with Crippen LogP contribution in [0, 0.1) is 0 Å². The summed E-state index contributed by atoms with van der Waals surface area (Å²) < 4.78 is 26.4. The summed E-state index contributed by atoms with van der Waals surface area (Å²) in [5.74, 6) is 1.29. The smallest absolute Gasteiger partial charge is 0.415 e. The van der Waals surface area contributed by atoms with Crippen molar-refractivity contribution < 1.29 is 38.1 Å². The normalized spacial score (nSPS) is 18.1. The molecule has 2 heterocycles. The van der Waals surface area contributed by atoms with E-state index in [4.69, 9.17) is 18.9 Å². The summed E-state index contributed by atoms with van der Waals surface area (Å²) >= 11 is 0. The molecule has 0 aliphatic carbocycles. The van der Waals surface area contributed by atoms with E-state index in [1.165, 1.54) is 19.2 Å². The number of hydrogen-bond acceptors (Lipinski definition) is 8. The zero-order valence-corrected chi connectivity index (χ0v) is 19.7. The average molecular weight is 485 g/mol. The number of rotatable bonds is 7. The number of amides is 2. The van der Waals surface area contributed by atoms with Crippen LogP contribution in [0.3, 0.4) is 0 Å². The van der Waals surface area contributed by atoms with E-state index in [2.05, 4.69) is 4.74 Å². The van der Waals surface area contributed by atoms with Crippen molar-refractivity contribution in [2.24, 2.45) is 0 Å². The van der Waals surface area contributed by atoms with Crippen molar-refractivity contribution in [1.29, 1.82) is 0 Å². The zero-order valence-electron chi connectivity index (χ0n) is 19.7. The lowest BCUT2D eigenvalue weighted by molar-refractivity contribution is 0.0600. The first-order chi connectivity index (χ1) is 17.0. The summed E-state index contributed by atoms with van der Waals surface area (Å²) in [6, 6.07) is 13.4. The van der Waals surface area contributed by atoms with Crippen LogP contribution in [0.25, 0.3) is 0 Å². The number of hydrogen-bond donors (Lipinski definition) is 0. The Morgan fingerprint density at radius 1 is 0.943 bits per heavy atom. The van der Waals surface area contributed by atoms with Crippen LogP contribution in [0.5, 0.6) is 17.2 Å². The van der Waals surface area contributed by atoms with Crippen molar-refractivity contribution in [3.63, 3.8) is 0 Å². The molecule has 2 aromatic carbocycles. The molecular formula is C25H28N2O8. The Balaban J connectivity index is 1.22. The van der Waals surface area contributed by atoms with Crippen molar-refractivity contribution in [2.75, 3.05) is 40.5 Å². The van der Waals surface area contributed by atoms with E-state index in [-0.39, 0.29) is 24.8 Å². The molecular weight excluding hydrogens is 456 g/mol. The number of piperidine rings is 1. The summed E-state index contributed by atoms with van der Waals surface area (Å²) in [5.41, 5.74) is 0.373. The molecule has 2 aliphatic heterocycles. The molecule has 10 nitrogen and oxygen atoms in total. The van der Waals surface area contributed by atoms with Gasteiger partial charge < -0.3 is 33.5 Å². The number of cyclic esters (lactones) is 1. The Bertz CT molecular complexity index is 1030. The number of likely N-dealkylation sites (tertiary alicyclic amines) is 1. The van der Waals surface area contributed by atoms with Crippen LogP contribution in [0.4, 0.5) is 9.59 Å². The topological polar surface area (TPSA) is 104 Å². The van der Waals surface area contributed by atoms with E-state index >= 15 is 0 Å². The molecule has 0 spiro atoms. The van der Waals surface area contributed by atoms with E-state index in [1.54, 1.807) is 53.3 Å². The van der Waals surface area contributed by atoms with Crippen molar-refractivity contribution in [1.82, 2.24) is 9.80 Å². The molecule has 0 aromatic heterocycles. The van der Waals surface area contributed by atoms with Gasteiger partial charge >= 0.3 is 18.2 Å². The first kappa shape index (κ1) is 24.2. The van der Waals surface area contributed by atoms with Gasteiger partial charge in [0.2, 0.25) is 0 Å². The van der Waals surface area contributed by atoms with Gasteiger partial charge in [0.25, 0.3) is 0 Å². The fraction of sp³-hybridized carbons (Fsp3) is 0.400. The highest BCUT2D eigenvalue weighted by atomic mass is 16.6. The molecule has 2 saturated heterocycles. The fourth-order valence-electron chi connectivity index (χ4n) is 4.09. The van der Waals surface area contributed by atoms with Gasteiger partial charge in [0, 0.05) is 19.1 Å². The minimum atomic E-state index is -0.468. The molecule has 4 rings (SSSR count). The molecule has 0 saturated carbocycles. The van der Waals surface area contributed by atoms with E-state index in [0.717, 1.165) is 5.75 Å². The van der Waals surface area contributed by atoms with Gasteiger partial charge in [0.15, 0.2) is 6.10 Å². The summed E-state index contributed by atoms with van der Waals surface area (Å²) in [6.07, 6.45) is 0.0550. The average Bonchev–Trinajstić information content (AvgIpc) is 3.28. The largest absolute Gasteiger partial charge is 0.497 e. The van der Waals surface area contributed by atoms with Crippen LogP contribution in [-0.4, -0.2) is 80.6 Å². The number of benzene rings is 2. The lowest BCUT2D eigenvalue weighted by Crippen LogP contribution is -2.48. The van der Waals surface area contributed by atoms with Gasteiger partial charge in [-0.05, 0) is 61.4 Å². The summed E-state index contributed by atoms with van der Waals surface area (Å²) in [6.45, 7) is 1.62. The lowest BCUT2D eigenvalue weighted by Gasteiger charge is -2.34. The van der Waals surface area contributed by atoms with Crippen molar-refractivity contribution in [3.8, 4) is 17.2 Å². The predicted molar refractivity (Wildman–Crippen MR) is 124 cm³/mol. The van der Waals surface area contributed by atoms with E-state index < -0.39 is 12.1 Å². The standard InChI is InChI=1S/C25H28N2O8/c1-31-19-7-9-20(10-8-19)33-16-22-15-27(25(30)35-22)18-11-13-26(14-12-18)24(29)34-21-5-3-17(4-6-21)23(28)32-2/h3-10,18,22H,11-16H2,1-2H3. The highest BCUT2D eigenvalue weighted by molar-refractivity contribution is 5.89. The molecule has 0 radical (unpaired) electrons. The number of esters is 1. The third-order valence-electron chi connectivity index (χ3n) is 6.04. The monoisotopic (exact) mass is 484 g/mol. The highest BCUT2D eigenvalue weighted by Crippen LogP contribution is 2.24. The number of carbonyl (C=O) groups is 3. The van der Waals surface area contributed by atoms with Gasteiger partial charge in [0.05, 0.1) is 26.3 Å². The number of methoxy groups -OCH3 is 2. The molecule has 2 aromatic rings. The molecule has 0 bridgehead atoms. The van der Waals surface area contributed by atoms with Gasteiger partial charge in [-0.25, -0.2) is 14.4 Å². The summed E-state index contributed by atoms with van der Waals surface area (Å²) in [7, 11) is 2.90. The first-order valence-electron chi connectivity index (χ1n) is 11.4. The van der Waals surface area contributed by atoms with Gasteiger partial charge in [-0.1, -0.05) is 0 Å². The predicted octanol–water partition coefficient (Wildman–Crippen LogP) is 3.34. The Morgan fingerprint density at radius 2 is 1.57 bits per heavy atom. The highest BCUT2D eigenvalue weighted by Gasteiger charge is 2.38. The van der Waals surface area contributed by atoms with E-state index in [1.807, 2.05) is 0 Å². The Hall–Kier alpha value is -3.95. The Kier molecular flexibility index (Phi) is 7.59. The van der Waals surface area contributed by atoms with Crippen molar-refractivity contribution >= 4 is 18.2 Å². The minimum Gasteiger partial charge on any atom is -0.497 e. The van der Waals surface area contributed by atoms with Crippen LogP contribution < -0.4 is 14.2 Å². The molecule has 2 amide bonds. The van der Waals surface area contributed by atoms with Gasteiger partial charge in [0.1, 0.15) is 23.9 Å². The molecule has 1 unspecified atom stereocenters. The van der Waals surface area contributed by atoms with Crippen molar-refractivity contribution in [3.05, 3.63) is 54.1 Å². The van der Waals surface area contributed by atoms with Crippen LogP contribution in [0.2, 0.25) is 0 Å². The van der Waals surface area contributed by atoms with Crippen LogP contribution in [0.15, 0.2) is 48.5 Å². The molecule has 35 heavy (non-hydrogen) atoms. The third kappa shape index (κ3) is 5.95. The lowest BCUT2D eigenvalue weighted by atomic mass is 10.0. The van der Waals surface area contributed by atoms with Crippen LogP contribution >= 0.6 is 0 Å². The van der Waals surface area contributed by atoms with Gasteiger partial charge in [-0.2, -0.15) is 0 Å². The summed E-state index contributed by atoms with van der Waals surface area (Å²) in [5, 5.41) is 0. The summed E-state index contributed by atoms with van der Waals surface area (Å²) in [4.78, 5) is 39.8. The molecule has 2 aliphatic rings. The second-order valence-corrected chi connectivity index (χ2v) is 8.25. The first-order valence-corrected chi connectivity index (χ1v) is 11.4. The molecule has 0 N–H and O–H groups in total. The second-order valence-electron chi connectivity index (χ2n) is 8.25.